The lowest BCUT2D eigenvalue weighted by atomic mass is 10.1. The van der Waals surface area contributed by atoms with E-state index >= 15 is 0 Å². The maximum Gasteiger partial charge on any atom is 0.337 e. The second kappa shape index (κ2) is 4.28. The first kappa shape index (κ1) is 10.1. The van der Waals surface area contributed by atoms with Crippen molar-refractivity contribution in [3.8, 4) is 5.75 Å². The van der Waals surface area contributed by atoms with Crippen molar-refractivity contribution in [2.24, 2.45) is 0 Å². The predicted octanol–water partition coefficient (Wildman–Crippen LogP) is 2.07. The van der Waals surface area contributed by atoms with E-state index in [0.717, 1.165) is 5.56 Å². The summed E-state index contributed by atoms with van der Waals surface area (Å²) in [5, 5.41) is 9.83. The number of rotatable bonds is 2. The Kier molecular flexibility index (Phi) is 3.31. The third-order valence-electron chi connectivity index (χ3n) is 1.55. The fourth-order valence-corrected chi connectivity index (χ4v) is 1.31. The van der Waals surface area contributed by atoms with Crippen molar-refractivity contribution in [3.05, 3.63) is 29.3 Å². The van der Waals surface area contributed by atoms with Gasteiger partial charge in [-0.15, -0.1) is 0 Å². The van der Waals surface area contributed by atoms with Gasteiger partial charge in [0.2, 0.25) is 0 Å². The number of aromatic hydroxyl groups is 1. The molecule has 13 heavy (non-hydrogen) atoms. The normalized spacial score (nSPS) is 9.69. The number of halogens is 1. The van der Waals surface area contributed by atoms with Crippen LogP contribution in [-0.4, -0.2) is 18.2 Å². The Morgan fingerprint density at radius 2 is 2.23 bits per heavy atom. The van der Waals surface area contributed by atoms with E-state index in [1.54, 1.807) is 12.1 Å². The topological polar surface area (TPSA) is 46.5 Å². The van der Waals surface area contributed by atoms with Gasteiger partial charge in [0.05, 0.1) is 12.7 Å². The fraction of sp³-hybridized carbons (Fsp3) is 0.222. The fourth-order valence-electron chi connectivity index (χ4n) is 0.987. The molecule has 0 spiro atoms. The van der Waals surface area contributed by atoms with Gasteiger partial charge in [-0.2, -0.15) is 0 Å². The highest BCUT2D eigenvalue weighted by molar-refractivity contribution is 9.08. The van der Waals surface area contributed by atoms with Crippen LogP contribution in [0.4, 0.5) is 0 Å². The largest absolute Gasteiger partial charge is 0.508 e. The first-order valence-electron chi connectivity index (χ1n) is 3.64. The Hall–Kier alpha value is -1.03. The Labute approximate surface area is 84.5 Å². The monoisotopic (exact) mass is 244 g/mol. The minimum atomic E-state index is -0.446. The third kappa shape index (κ3) is 2.45. The molecule has 0 saturated carbocycles. The Balaban J connectivity index is 3.08. The molecule has 1 aromatic rings. The summed E-state index contributed by atoms with van der Waals surface area (Å²) in [6, 6.07) is 4.62. The minimum absolute atomic E-state index is 0.0670. The molecule has 0 aromatic heterocycles. The summed E-state index contributed by atoms with van der Waals surface area (Å²) in [4.78, 5) is 11.1. The third-order valence-corrected chi connectivity index (χ3v) is 2.20. The number of phenolic OH excluding ortho intramolecular Hbond substituents is 1. The molecular formula is C9H9BrO3. The zero-order valence-electron chi connectivity index (χ0n) is 7.08. The van der Waals surface area contributed by atoms with Gasteiger partial charge in [0.25, 0.3) is 0 Å². The molecule has 1 N–H and O–H groups in total. The van der Waals surface area contributed by atoms with Crippen molar-refractivity contribution in [2.75, 3.05) is 7.11 Å². The smallest absolute Gasteiger partial charge is 0.337 e. The van der Waals surface area contributed by atoms with Gasteiger partial charge in [0.1, 0.15) is 5.75 Å². The van der Waals surface area contributed by atoms with Crippen LogP contribution in [0.3, 0.4) is 0 Å². The van der Waals surface area contributed by atoms with Crippen molar-refractivity contribution in [2.45, 2.75) is 5.33 Å². The molecule has 4 heteroatoms. The van der Waals surface area contributed by atoms with E-state index in [2.05, 4.69) is 20.7 Å². The molecular weight excluding hydrogens is 236 g/mol. The van der Waals surface area contributed by atoms with Crippen LogP contribution in [0, 0.1) is 0 Å². The summed E-state index contributed by atoms with van der Waals surface area (Å²) < 4.78 is 4.53. The molecule has 0 bridgehead atoms. The highest BCUT2D eigenvalue weighted by atomic mass is 79.9. The van der Waals surface area contributed by atoms with Crippen LogP contribution < -0.4 is 0 Å². The van der Waals surface area contributed by atoms with Crippen LogP contribution in [0.1, 0.15) is 15.9 Å². The van der Waals surface area contributed by atoms with E-state index < -0.39 is 5.97 Å². The molecule has 0 aliphatic rings. The summed E-state index contributed by atoms with van der Waals surface area (Å²) in [6.07, 6.45) is 0. The number of hydrogen-bond acceptors (Lipinski definition) is 3. The molecule has 1 aromatic carbocycles. The van der Waals surface area contributed by atoms with Gasteiger partial charge in [-0.05, 0) is 23.8 Å². The van der Waals surface area contributed by atoms with Gasteiger partial charge < -0.3 is 9.84 Å². The maximum atomic E-state index is 11.1. The number of phenols is 1. The minimum Gasteiger partial charge on any atom is -0.508 e. The second-order valence-corrected chi connectivity index (χ2v) is 3.07. The van der Waals surface area contributed by atoms with Crippen LogP contribution in [0.15, 0.2) is 18.2 Å². The molecule has 0 amide bonds. The lowest BCUT2D eigenvalue weighted by Crippen LogP contribution is -2.01. The van der Waals surface area contributed by atoms with Gasteiger partial charge in [-0.1, -0.05) is 15.9 Å². The number of methoxy groups -OCH3 is 1. The zero-order chi connectivity index (χ0) is 9.84. The zero-order valence-corrected chi connectivity index (χ0v) is 8.67. The van der Waals surface area contributed by atoms with Crippen LogP contribution in [0.2, 0.25) is 0 Å². The summed E-state index contributed by atoms with van der Waals surface area (Å²) >= 11 is 3.23. The van der Waals surface area contributed by atoms with Crippen molar-refractivity contribution in [1.82, 2.24) is 0 Å². The van der Waals surface area contributed by atoms with Crippen molar-refractivity contribution in [3.63, 3.8) is 0 Å². The number of carbonyl (C=O) groups is 1. The van der Waals surface area contributed by atoms with Gasteiger partial charge >= 0.3 is 5.97 Å². The van der Waals surface area contributed by atoms with E-state index in [9.17, 15) is 9.90 Å². The van der Waals surface area contributed by atoms with Gasteiger partial charge in [0, 0.05) is 5.33 Å². The SMILES string of the molecule is COC(=O)c1cc(O)cc(CBr)c1. The van der Waals surface area contributed by atoms with Crippen molar-refractivity contribution in [1.29, 1.82) is 0 Å². The van der Waals surface area contributed by atoms with Crippen LogP contribution >= 0.6 is 15.9 Å². The van der Waals surface area contributed by atoms with Crippen LogP contribution in [0.5, 0.6) is 5.75 Å². The molecule has 3 nitrogen and oxygen atoms in total. The molecule has 0 aliphatic heterocycles. The highest BCUT2D eigenvalue weighted by Crippen LogP contribution is 2.18. The maximum absolute atomic E-state index is 11.1. The quantitative estimate of drug-likeness (QED) is 0.640. The summed E-state index contributed by atoms with van der Waals surface area (Å²) in [5.74, 6) is -0.379. The first-order valence-corrected chi connectivity index (χ1v) is 4.76. The van der Waals surface area contributed by atoms with Gasteiger partial charge in [0.15, 0.2) is 0 Å². The van der Waals surface area contributed by atoms with E-state index in [0.29, 0.717) is 10.9 Å². The average Bonchev–Trinajstić information content (AvgIpc) is 2.15. The Morgan fingerprint density at radius 1 is 1.54 bits per heavy atom. The van der Waals surface area contributed by atoms with E-state index in [-0.39, 0.29) is 5.75 Å². The Bertz CT molecular complexity index is 323. The van der Waals surface area contributed by atoms with Gasteiger partial charge in [-0.3, -0.25) is 0 Å². The number of benzene rings is 1. The molecule has 0 saturated heterocycles. The molecule has 0 aliphatic carbocycles. The Morgan fingerprint density at radius 3 is 2.77 bits per heavy atom. The number of alkyl halides is 1. The second-order valence-electron chi connectivity index (χ2n) is 2.51. The van der Waals surface area contributed by atoms with Crippen molar-refractivity contribution < 1.29 is 14.6 Å². The average molecular weight is 245 g/mol. The number of hydrogen-bond donors (Lipinski definition) is 1. The summed E-state index contributed by atoms with van der Waals surface area (Å²) in [5.41, 5.74) is 1.19. The molecule has 0 fully saturated rings. The molecule has 0 unspecified atom stereocenters. The first-order chi connectivity index (χ1) is 6.17. The number of ether oxygens (including phenoxy) is 1. The molecule has 0 heterocycles. The van der Waals surface area contributed by atoms with E-state index in [4.69, 9.17) is 0 Å². The molecule has 1 rings (SSSR count). The highest BCUT2D eigenvalue weighted by Gasteiger charge is 2.07. The number of esters is 1. The van der Waals surface area contributed by atoms with Crippen molar-refractivity contribution >= 4 is 21.9 Å². The number of carbonyl (C=O) groups excluding carboxylic acids is 1. The van der Waals surface area contributed by atoms with Gasteiger partial charge in [-0.25, -0.2) is 4.79 Å². The predicted molar refractivity (Wildman–Crippen MR) is 52.1 cm³/mol. The summed E-state index contributed by atoms with van der Waals surface area (Å²) in [7, 11) is 1.31. The van der Waals surface area contributed by atoms with Crippen LogP contribution in [-0.2, 0) is 10.1 Å². The molecule has 0 atom stereocenters. The van der Waals surface area contributed by atoms with E-state index in [1.165, 1.54) is 13.2 Å². The molecule has 70 valence electrons. The lowest BCUT2D eigenvalue weighted by molar-refractivity contribution is 0.0600. The summed E-state index contributed by atoms with van der Waals surface area (Å²) in [6.45, 7) is 0. The standard InChI is InChI=1S/C9H9BrO3/c1-13-9(12)7-2-6(5-10)3-8(11)4-7/h2-4,11H,5H2,1H3. The molecule has 0 radical (unpaired) electrons. The van der Waals surface area contributed by atoms with E-state index in [1.807, 2.05) is 0 Å². The lowest BCUT2D eigenvalue weighted by Gasteiger charge is -2.02. The van der Waals surface area contributed by atoms with Crippen LogP contribution in [0.25, 0.3) is 0 Å².